The first-order valence-electron chi connectivity index (χ1n) is 11.7. The van der Waals surface area contributed by atoms with Crippen molar-refractivity contribution in [1.29, 1.82) is 0 Å². The molecule has 4 rings (SSSR count). The summed E-state index contributed by atoms with van der Waals surface area (Å²) >= 11 is 0. The highest BCUT2D eigenvalue weighted by Crippen LogP contribution is 2.56. The van der Waals surface area contributed by atoms with E-state index in [1.54, 1.807) is 0 Å². The van der Waals surface area contributed by atoms with E-state index in [-0.39, 0.29) is 17.7 Å². The average Bonchev–Trinajstić information content (AvgIpc) is 3.12. The monoisotopic (exact) mass is 374 g/mol. The molecular weight excluding hydrogens is 336 g/mol. The smallest absolute Gasteiger partial charge is 0.223 e. The molecule has 0 aromatic rings. The highest BCUT2D eigenvalue weighted by atomic mass is 16.2. The molecule has 4 nitrogen and oxygen atoms in total. The molecule has 5 unspecified atom stereocenters. The Bertz CT molecular complexity index is 534. The van der Waals surface area contributed by atoms with Crippen LogP contribution in [0.25, 0.3) is 0 Å². The van der Waals surface area contributed by atoms with Crippen LogP contribution in [0.2, 0.25) is 0 Å². The van der Waals surface area contributed by atoms with Gasteiger partial charge in [-0.05, 0) is 94.3 Å². The maximum atomic E-state index is 13.0. The van der Waals surface area contributed by atoms with Gasteiger partial charge in [-0.2, -0.15) is 0 Å². The Morgan fingerprint density at radius 2 is 1.48 bits per heavy atom. The second kappa shape index (κ2) is 8.53. The van der Waals surface area contributed by atoms with Crippen molar-refractivity contribution in [3.63, 3.8) is 0 Å². The van der Waals surface area contributed by atoms with Gasteiger partial charge in [0.1, 0.15) is 0 Å². The fourth-order valence-corrected chi connectivity index (χ4v) is 7.10. The summed E-state index contributed by atoms with van der Waals surface area (Å²) in [7, 11) is 0. The minimum absolute atomic E-state index is 0.189. The van der Waals surface area contributed by atoms with Crippen molar-refractivity contribution in [2.45, 2.75) is 77.6 Å². The number of carbonyl (C=O) groups is 2. The van der Waals surface area contributed by atoms with E-state index in [9.17, 15) is 9.59 Å². The molecule has 4 fully saturated rings. The highest BCUT2D eigenvalue weighted by molar-refractivity contribution is 5.79. The first kappa shape index (κ1) is 19.3. The summed E-state index contributed by atoms with van der Waals surface area (Å²) in [4.78, 5) is 25.0. The summed E-state index contributed by atoms with van der Waals surface area (Å²) in [6, 6.07) is 0. The first-order valence-corrected chi connectivity index (χ1v) is 11.7. The molecule has 5 atom stereocenters. The lowest BCUT2D eigenvalue weighted by Gasteiger charge is -2.45. The number of rotatable bonds is 5. The molecule has 2 amide bonds. The van der Waals surface area contributed by atoms with Crippen LogP contribution in [0.5, 0.6) is 0 Å². The van der Waals surface area contributed by atoms with Gasteiger partial charge in [-0.1, -0.05) is 12.8 Å². The van der Waals surface area contributed by atoms with Gasteiger partial charge in [0.25, 0.3) is 0 Å². The maximum absolute atomic E-state index is 13.0. The third kappa shape index (κ3) is 4.05. The van der Waals surface area contributed by atoms with Crippen LogP contribution in [0.3, 0.4) is 0 Å². The van der Waals surface area contributed by atoms with E-state index in [1.165, 1.54) is 38.5 Å². The van der Waals surface area contributed by atoms with E-state index in [4.69, 9.17) is 0 Å². The van der Waals surface area contributed by atoms with Crippen molar-refractivity contribution in [2.24, 2.45) is 41.4 Å². The molecule has 0 spiro atoms. The molecule has 4 heteroatoms. The summed E-state index contributed by atoms with van der Waals surface area (Å²) in [6.07, 6.45) is 13.4. The topological polar surface area (TPSA) is 58.2 Å². The van der Waals surface area contributed by atoms with E-state index < -0.39 is 0 Å². The van der Waals surface area contributed by atoms with Gasteiger partial charge in [-0.15, -0.1) is 0 Å². The van der Waals surface area contributed by atoms with Crippen molar-refractivity contribution >= 4 is 11.8 Å². The molecule has 0 aromatic carbocycles. The Morgan fingerprint density at radius 3 is 2.22 bits per heavy atom. The van der Waals surface area contributed by atoms with Gasteiger partial charge >= 0.3 is 0 Å². The lowest BCUT2D eigenvalue weighted by atomic mass is 9.60. The molecule has 0 heterocycles. The zero-order chi connectivity index (χ0) is 18.8. The molecule has 4 saturated carbocycles. The first-order chi connectivity index (χ1) is 13.2. The molecule has 27 heavy (non-hydrogen) atoms. The van der Waals surface area contributed by atoms with Gasteiger partial charge in [0.2, 0.25) is 11.8 Å². The Morgan fingerprint density at radius 1 is 0.778 bits per heavy atom. The van der Waals surface area contributed by atoms with Gasteiger partial charge < -0.3 is 10.6 Å². The molecule has 0 radical (unpaired) electrons. The molecule has 0 bridgehead atoms. The minimum atomic E-state index is 0.189. The molecule has 0 aromatic heterocycles. The number of hydrogen-bond donors (Lipinski definition) is 2. The van der Waals surface area contributed by atoms with Crippen LogP contribution in [-0.4, -0.2) is 24.9 Å². The third-order valence-corrected chi connectivity index (χ3v) is 8.44. The molecule has 152 valence electrons. The molecule has 0 aliphatic heterocycles. The highest BCUT2D eigenvalue weighted by Gasteiger charge is 2.49. The quantitative estimate of drug-likeness (QED) is 0.767. The van der Waals surface area contributed by atoms with Crippen molar-refractivity contribution in [3.8, 4) is 0 Å². The zero-order valence-electron chi connectivity index (χ0n) is 17.1. The van der Waals surface area contributed by atoms with Gasteiger partial charge in [0.05, 0.1) is 0 Å². The summed E-state index contributed by atoms with van der Waals surface area (Å²) in [5.74, 6) is 4.96. The van der Waals surface area contributed by atoms with Crippen molar-refractivity contribution in [2.75, 3.05) is 13.1 Å². The largest absolute Gasteiger partial charge is 0.356 e. The van der Waals surface area contributed by atoms with Gasteiger partial charge in [0, 0.05) is 24.9 Å². The molecule has 4 aliphatic rings. The van der Waals surface area contributed by atoms with Crippen molar-refractivity contribution < 1.29 is 9.59 Å². The SMILES string of the molecule is CCNC(=O)C1CCC(CNC(=O)C2CCC3CCC4CCCC2C43)CC1. The number of hydrogen-bond acceptors (Lipinski definition) is 2. The zero-order valence-corrected chi connectivity index (χ0v) is 17.1. The number of nitrogens with one attached hydrogen (secondary N) is 2. The van der Waals surface area contributed by atoms with Crippen LogP contribution in [0.4, 0.5) is 0 Å². The van der Waals surface area contributed by atoms with E-state index in [0.717, 1.165) is 62.9 Å². The summed E-state index contributed by atoms with van der Waals surface area (Å²) in [5.41, 5.74) is 0. The Hall–Kier alpha value is -1.06. The van der Waals surface area contributed by atoms with Crippen molar-refractivity contribution in [1.82, 2.24) is 10.6 Å². The molecule has 2 N–H and O–H groups in total. The minimum Gasteiger partial charge on any atom is -0.356 e. The van der Waals surface area contributed by atoms with Crippen LogP contribution in [0.1, 0.15) is 77.6 Å². The average molecular weight is 375 g/mol. The van der Waals surface area contributed by atoms with E-state index in [1.807, 2.05) is 6.92 Å². The second-order valence-corrected chi connectivity index (χ2v) is 9.81. The maximum Gasteiger partial charge on any atom is 0.223 e. The predicted molar refractivity (Wildman–Crippen MR) is 107 cm³/mol. The fraction of sp³-hybridized carbons (Fsp3) is 0.913. The molecule has 0 saturated heterocycles. The van der Waals surface area contributed by atoms with Crippen LogP contribution in [0, 0.1) is 41.4 Å². The molecular formula is C23H38N2O2. The van der Waals surface area contributed by atoms with E-state index >= 15 is 0 Å². The van der Waals surface area contributed by atoms with Crippen LogP contribution in [0.15, 0.2) is 0 Å². The van der Waals surface area contributed by atoms with Gasteiger partial charge in [0.15, 0.2) is 0 Å². The number of amides is 2. The standard InChI is InChI=1S/C23H38N2O2/c1-2-24-22(26)18-8-6-15(7-9-18)14-25-23(27)20-13-12-17-11-10-16-4-3-5-19(20)21(16)17/h15-21H,2-14H2,1H3,(H,24,26)(H,25,27). The van der Waals surface area contributed by atoms with Gasteiger partial charge in [-0.3, -0.25) is 9.59 Å². The summed E-state index contributed by atoms with van der Waals surface area (Å²) in [6.45, 7) is 3.52. The van der Waals surface area contributed by atoms with Crippen molar-refractivity contribution in [3.05, 3.63) is 0 Å². The fourth-order valence-electron chi connectivity index (χ4n) is 7.10. The lowest BCUT2D eigenvalue weighted by molar-refractivity contribution is -0.131. The third-order valence-electron chi connectivity index (χ3n) is 8.44. The molecule has 4 aliphatic carbocycles. The normalized spacial score (nSPS) is 40.9. The predicted octanol–water partition coefficient (Wildman–Crippen LogP) is 3.90. The second-order valence-electron chi connectivity index (χ2n) is 9.81. The Kier molecular flexibility index (Phi) is 6.08. The van der Waals surface area contributed by atoms with Gasteiger partial charge in [-0.25, -0.2) is 0 Å². The van der Waals surface area contributed by atoms with Crippen LogP contribution in [-0.2, 0) is 9.59 Å². The summed E-state index contributed by atoms with van der Waals surface area (Å²) < 4.78 is 0. The number of carbonyl (C=O) groups excluding carboxylic acids is 2. The van der Waals surface area contributed by atoms with Crippen LogP contribution >= 0.6 is 0 Å². The van der Waals surface area contributed by atoms with E-state index in [0.29, 0.717) is 17.7 Å². The summed E-state index contributed by atoms with van der Waals surface area (Å²) in [5, 5.41) is 6.29. The van der Waals surface area contributed by atoms with E-state index in [2.05, 4.69) is 10.6 Å². The lowest BCUT2D eigenvalue weighted by Crippen LogP contribution is -2.46. The Labute approximate surface area is 164 Å². The Balaban J connectivity index is 1.25. The van der Waals surface area contributed by atoms with Crippen LogP contribution < -0.4 is 10.6 Å².